The van der Waals surface area contributed by atoms with Crippen LogP contribution in [0.2, 0.25) is 0 Å². The van der Waals surface area contributed by atoms with Gasteiger partial charge in [-0.3, -0.25) is 4.98 Å². The Morgan fingerprint density at radius 3 is 2.79 bits per heavy atom. The molecule has 0 aliphatic heterocycles. The summed E-state index contributed by atoms with van der Waals surface area (Å²) in [6.45, 7) is 1.80. The van der Waals surface area contributed by atoms with Gasteiger partial charge in [0, 0.05) is 17.8 Å². The Bertz CT molecular complexity index is 727. The van der Waals surface area contributed by atoms with E-state index in [2.05, 4.69) is 15.0 Å². The summed E-state index contributed by atoms with van der Waals surface area (Å²) in [5, 5.41) is 11.4. The highest BCUT2D eigenvalue weighted by Crippen LogP contribution is 2.23. The summed E-state index contributed by atoms with van der Waals surface area (Å²) in [5.74, 6) is 0.649. The third-order valence-corrected chi connectivity index (χ3v) is 3.02. The van der Waals surface area contributed by atoms with Crippen molar-refractivity contribution >= 4 is 10.9 Å². The molecule has 0 spiro atoms. The van der Waals surface area contributed by atoms with Crippen molar-refractivity contribution in [3.8, 4) is 0 Å². The zero-order chi connectivity index (χ0) is 13.2. The summed E-state index contributed by atoms with van der Waals surface area (Å²) in [6, 6.07) is 11.3. The predicted octanol–water partition coefficient (Wildman–Crippen LogP) is 2.41. The number of aliphatic hydroxyl groups is 1. The van der Waals surface area contributed by atoms with Gasteiger partial charge >= 0.3 is 0 Å². The van der Waals surface area contributed by atoms with E-state index in [0.29, 0.717) is 11.5 Å². The van der Waals surface area contributed by atoms with E-state index in [1.165, 1.54) is 0 Å². The van der Waals surface area contributed by atoms with Gasteiger partial charge in [0.15, 0.2) is 0 Å². The van der Waals surface area contributed by atoms with Gasteiger partial charge in [-0.1, -0.05) is 18.2 Å². The van der Waals surface area contributed by atoms with Crippen molar-refractivity contribution < 1.29 is 5.11 Å². The van der Waals surface area contributed by atoms with Gasteiger partial charge in [-0.05, 0) is 30.7 Å². The molecule has 1 aromatic carbocycles. The van der Waals surface area contributed by atoms with Crippen LogP contribution in [0.25, 0.3) is 10.9 Å². The van der Waals surface area contributed by atoms with Gasteiger partial charge in [0.2, 0.25) is 0 Å². The molecule has 0 radical (unpaired) electrons. The molecular weight excluding hydrogens is 238 g/mol. The third-order valence-electron chi connectivity index (χ3n) is 3.02. The lowest BCUT2D eigenvalue weighted by atomic mass is 10.0. The average molecular weight is 251 g/mol. The van der Waals surface area contributed by atoms with E-state index in [-0.39, 0.29) is 0 Å². The molecule has 4 nitrogen and oxygen atoms in total. The van der Waals surface area contributed by atoms with E-state index in [1.54, 1.807) is 25.4 Å². The molecule has 3 rings (SSSR count). The zero-order valence-corrected chi connectivity index (χ0v) is 10.5. The van der Waals surface area contributed by atoms with E-state index >= 15 is 0 Å². The maximum absolute atomic E-state index is 10.4. The minimum atomic E-state index is -0.756. The van der Waals surface area contributed by atoms with Crippen LogP contribution in [0, 0.1) is 6.92 Å². The minimum Gasteiger partial charge on any atom is -0.382 e. The molecule has 0 saturated carbocycles. The first-order chi connectivity index (χ1) is 9.24. The summed E-state index contributed by atoms with van der Waals surface area (Å²) >= 11 is 0. The molecule has 0 fully saturated rings. The van der Waals surface area contributed by atoms with E-state index in [0.717, 1.165) is 16.5 Å². The Morgan fingerprint density at radius 1 is 1.05 bits per heavy atom. The first-order valence-corrected chi connectivity index (χ1v) is 6.06. The number of rotatable bonds is 2. The number of hydrogen-bond donors (Lipinski definition) is 1. The number of benzene rings is 1. The smallest absolute Gasteiger partial charge is 0.125 e. The van der Waals surface area contributed by atoms with Crippen LogP contribution in [0.1, 0.15) is 23.2 Å². The molecule has 0 aliphatic carbocycles. The summed E-state index contributed by atoms with van der Waals surface area (Å²) in [4.78, 5) is 12.6. The lowest BCUT2D eigenvalue weighted by Crippen LogP contribution is -2.04. The second-order valence-electron chi connectivity index (χ2n) is 4.39. The molecule has 2 aromatic heterocycles. The fourth-order valence-electron chi connectivity index (χ4n) is 2.05. The number of hydrogen-bond acceptors (Lipinski definition) is 4. The lowest BCUT2D eigenvalue weighted by molar-refractivity contribution is 0.215. The van der Waals surface area contributed by atoms with Crippen LogP contribution in [-0.4, -0.2) is 20.1 Å². The number of aryl methyl sites for hydroxylation is 1. The maximum Gasteiger partial charge on any atom is 0.125 e. The Kier molecular flexibility index (Phi) is 2.93. The van der Waals surface area contributed by atoms with Gasteiger partial charge in [0.1, 0.15) is 11.9 Å². The lowest BCUT2D eigenvalue weighted by Gasteiger charge is -2.11. The van der Waals surface area contributed by atoms with E-state index in [1.807, 2.05) is 30.3 Å². The van der Waals surface area contributed by atoms with Crippen LogP contribution in [0.4, 0.5) is 0 Å². The van der Waals surface area contributed by atoms with Gasteiger partial charge in [-0.15, -0.1) is 0 Å². The SMILES string of the molecule is Cc1nccc(C(O)c2ccc3cccnc3c2)n1. The average Bonchev–Trinajstić information content (AvgIpc) is 2.46. The number of fused-ring (bicyclic) bond motifs is 1. The molecule has 2 heterocycles. The second-order valence-corrected chi connectivity index (χ2v) is 4.39. The molecular formula is C15H13N3O. The van der Waals surface area contributed by atoms with Crippen molar-refractivity contribution in [2.45, 2.75) is 13.0 Å². The normalized spacial score (nSPS) is 12.5. The molecule has 19 heavy (non-hydrogen) atoms. The second kappa shape index (κ2) is 4.74. The summed E-state index contributed by atoms with van der Waals surface area (Å²) in [7, 11) is 0. The van der Waals surface area contributed by atoms with Crippen molar-refractivity contribution in [1.29, 1.82) is 0 Å². The molecule has 4 heteroatoms. The molecule has 0 bridgehead atoms. The third kappa shape index (κ3) is 2.30. The van der Waals surface area contributed by atoms with Gasteiger partial charge < -0.3 is 5.11 Å². The highest BCUT2D eigenvalue weighted by Gasteiger charge is 2.12. The molecule has 0 amide bonds. The molecule has 1 unspecified atom stereocenters. The summed E-state index contributed by atoms with van der Waals surface area (Å²) in [5.41, 5.74) is 2.25. The largest absolute Gasteiger partial charge is 0.382 e. The molecule has 1 atom stereocenters. The molecule has 1 N–H and O–H groups in total. The molecule has 3 aromatic rings. The quantitative estimate of drug-likeness (QED) is 0.760. The Morgan fingerprint density at radius 2 is 1.95 bits per heavy atom. The number of aliphatic hydroxyl groups excluding tert-OH is 1. The Hall–Kier alpha value is -2.33. The molecule has 94 valence electrons. The van der Waals surface area contributed by atoms with Crippen molar-refractivity contribution in [3.05, 3.63) is 65.9 Å². The van der Waals surface area contributed by atoms with Gasteiger partial charge in [-0.2, -0.15) is 0 Å². The van der Waals surface area contributed by atoms with Crippen LogP contribution < -0.4 is 0 Å². The first kappa shape index (κ1) is 11.7. The molecule has 0 saturated heterocycles. The van der Waals surface area contributed by atoms with Gasteiger partial charge in [0.05, 0.1) is 11.2 Å². The Balaban J connectivity index is 2.04. The van der Waals surface area contributed by atoms with Crippen LogP contribution in [-0.2, 0) is 0 Å². The standard InChI is InChI=1S/C15H13N3O/c1-10-16-8-6-13(18-10)15(19)12-5-4-11-3-2-7-17-14(11)9-12/h2-9,15,19H,1H3. The van der Waals surface area contributed by atoms with Gasteiger partial charge in [-0.25, -0.2) is 9.97 Å². The maximum atomic E-state index is 10.4. The summed E-state index contributed by atoms with van der Waals surface area (Å²) in [6.07, 6.45) is 2.64. The zero-order valence-electron chi connectivity index (χ0n) is 10.5. The van der Waals surface area contributed by atoms with Crippen molar-refractivity contribution in [2.75, 3.05) is 0 Å². The number of nitrogens with zero attached hydrogens (tertiary/aromatic N) is 3. The fourth-order valence-corrected chi connectivity index (χ4v) is 2.05. The van der Waals surface area contributed by atoms with Crippen LogP contribution in [0.5, 0.6) is 0 Å². The Labute approximate surface area is 110 Å². The molecule has 0 aliphatic rings. The first-order valence-electron chi connectivity index (χ1n) is 6.06. The van der Waals surface area contributed by atoms with Crippen molar-refractivity contribution in [2.24, 2.45) is 0 Å². The number of aromatic nitrogens is 3. The monoisotopic (exact) mass is 251 g/mol. The van der Waals surface area contributed by atoms with E-state index in [9.17, 15) is 5.11 Å². The predicted molar refractivity (Wildman–Crippen MR) is 72.6 cm³/mol. The van der Waals surface area contributed by atoms with Crippen LogP contribution >= 0.6 is 0 Å². The van der Waals surface area contributed by atoms with Crippen LogP contribution in [0.3, 0.4) is 0 Å². The minimum absolute atomic E-state index is 0.600. The number of pyridine rings is 1. The highest BCUT2D eigenvalue weighted by molar-refractivity contribution is 5.79. The van der Waals surface area contributed by atoms with E-state index < -0.39 is 6.10 Å². The van der Waals surface area contributed by atoms with Crippen molar-refractivity contribution in [1.82, 2.24) is 15.0 Å². The topological polar surface area (TPSA) is 58.9 Å². The van der Waals surface area contributed by atoms with Crippen LogP contribution in [0.15, 0.2) is 48.8 Å². The fraction of sp³-hybridized carbons (Fsp3) is 0.133. The highest BCUT2D eigenvalue weighted by atomic mass is 16.3. The van der Waals surface area contributed by atoms with Crippen molar-refractivity contribution in [3.63, 3.8) is 0 Å². The summed E-state index contributed by atoms with van der Waals surface area (Å²) < 4.78 is 0. The van der Waals surface area contributed by atoms with E-state index in [4.69, 9.17) is 0 Å². The van der Waals surface area contributed by atoms with Gasteiger partial charge in [0.25, 0.3) is 0 Å².